The molecule has 11 heavy (non-hydrogen) atoms. The second kappa shape index (κ2) is 2.80. The van der Waals surface area contributed by atoms with Crippen LogP contribution in [0.25, 0.3) is 0 Å². The van der Waals surface area contributed by atoms with Crippen molar-refractivity contribution >= 4 is 6.29 Å². The number of rotatable bonds is 2. The van der Waals surface area contributed by atoms with Crippen molar-refractivity contribution < 1.29 is 4.79 Å². The molecule has 0 radical (unpaired) electrons. The lowest BCUT2D eigenvalue weighted by Crippen LogP contribution is -2.17. The van der Waals surface area contributed by atoms with E-state index in [-0.39, 0.29) is 5.41 Å². The van der Waals surface area contributed by atoms with Crippen LogP contribution in [0.5, 0.6) is 0 Å². The normalized spacial score (nSPS) is 28.3. The molecule has 0 unspecified atom stereocenters. The number of hydrogen-bond acceptors (Lipinski definition) is 1. The Labute approximate surface area is 68.5 Å². The van der Waals surface area contributed by atoms with Gasteiger partial charge in [-0.3, -0.25) is 0 Å². The molecule has 0 spiro atoms. The van der Waals surface area contributed by atoms with Gasteiger partial charge in [0.05, 0.1) is 0 Å². The molecule has 0 aromatic carbocycles. The van der Waals surface area contributed by atoms with Crippen molar-refractivity contribution in [3.63, 3.8) is 0 Å². The van der Waals surface area contributed by atoms with Crippen LogP contribution >= 0.6 is 0 Å². The van der Waals surface area contributed by atoms with Crippen LogP contribution in [0.2, 0.25) is 0 Å². The fourth-order valence-corrected chi connectivity index (χ4v) is 1.97. The van der Waals surface area contributed by atoms with Crippen LogP contribution in [0, 0.1) is 11.3 Å². The van der Waals surface area contributed by atoms with E-state index in [1.165, 1.54) is 5.57 Å². The molecule has 0 aliphatic heterocycles. The largest absolute Gasteiger partial charge is 0.303 e. The summed E-state index contributed by atoms with van der Waals surface area (Å²) < 4.78 is 0. The van der Waals surface area contributed by atoms with Gasteiger partial charge in [0.2, 0.25) is 0 Å². The van der Waals surface area contributed by atoms with Crippen LogP contribution < -0.4 is 0 Å². The molecular formula is C10H16O. The molecule has 0 heterocycles. The maximum Gasteiger partial charge on any atom is 0.120 e. The highest BCUT2D eigenvalue weighted by Crippen LogP contribution is 2.41. The van der Waals surface area contributed by atoms with E-state index in [1.807, 2.05) is 0 Å². The maximum atomic E-state index is 10.3. The Balaban J connectivity index is 2.67. The first-order valence-corrected chi connectivity index (χ1v) is 4.18. The molecule has 1 aliphatic rings. The predicted molar refractivity (Wildman–Crippen MR) is 46.3 cm³/mol. The van der Waals surface area contributed by atoms with Gasteiger partial charge < -0.3 is 4.79 Å². The van der Waals surface area contributed by atoms with Gasteiger partial charge in [-0.15, -0.1) is 0 Å². The molecule has 0 aromatic heterocycles. The maximum absolute atomic E-state index is 10.3. The van der Waals surface area contributed by atoms with Crippen LogP contribution in [-0.2, 0) is 4.79 Å². The van der Waals surface area contributed by atoms with E-state index in [4.69, 9.17) is 0 Å². The highest BCUT2D eigenvalue weighted by atomic mass is 16.1. The molecule has 1 nitrogen and oxygen atoms in total. The average molecular weight is 152 g/mol. The lowest BCUT2D eigenvalue weighted by molar-refractivity contribution is -0.109. The molecule has 1 atom stereocenters. The Kier molecular flexibility index (Phi) is 2.17. The third kappa shape index (κ3) is 1.70. The van der Waals surface area contributed by atoms with Crippen LogP contribution in [0.15, 0.2) is 11.6 Å². The van der Waals surface area contributed by atoms with Gasteiger partial charge in [0.25, 0.3) is 0 Å². The summed E-state index contributed by atoms with van der Waals surface area (Å²) in [6, 6.07) is 0. The Morgan fingerprint density at radius 3 is 2.73 bits per heavy atom. The molecule has 0 saturated heterocycles. The first kappa shape index (κ1) is 8.51. The third-order valence-corrected chi connectivity index (χ3v) is 2.62. The summed E-state index contributed by atoms with van der Waals surface area (Å²) in [6.45, 7) is 6.56. The standard InChI is InChI=1S/C10H16O/c1-8-6-9(4-5-11)10(2,3)7-8/h5,7,9H,4,6H2,1-3H3/t9-/m0/s1. The highest BCUT2D eigenvalue weighted by molar-refractivity contribution is 5.50. The number of hydrogen-bond donors (Lipinski definition) is 0. The molecule has 1 aliphatic carbocycles. The second-order valence-corrected chi connectivity index (χ2v) is 4.12. The van der Waals surface area contributed by atoms with Crippen molar-refractivity contribution in [1.82, 2.24) is 0 Å². The molecule has 1 heteroatoms. The summed E-state index contributed by atoms with van der Waals surface area (Å²) in [5, 5.41) is 0. The van der Waals surface area contributed by atoms with E-state index in [0.717, 1.165) is 12.7 Å². The smallest absolute Gasteiger partial charge is 0.120 e. The Hall–Kier alpha value is -0.590. The van der Waals surface area contributed by atoms with Gasteiger partial charge in [-0.1, -0.05) is 25.5 Å². The van der Waals surface area contributed by atoms with Gasteiger partial charge in [0.15, 0.2) is 0 Å². The Morgan fingerprint density at radius 1 is 1.73 bits per heavy atom. The van der Waals surface area contributed by atoms with Gasteiger partial charge >= 0.3 is 0 Å². The lowest BCUT2D eigenvalue weighted by Gasteiger charge is -2.23. The Morgan fingerprint density at radius 2 is 2.36 bits per heavy atom. The van der Waals surface area contributed by atoms with Crippen LogP contribution in [0.3, 0.4) is 0 Å². The van der Waals surface area contributed by atoms with Crippen LogP contribution in [0.1, 0.15) is 33.6 Å². The second-order valence-electron chi connectivity index (χ2n) is 4.12. The molecule has 0 amide bonds. The summed E-state index contributed by atoms with van der Waals surface area (Å²) >= 11 is 0. The van der Waals surface area contributed by atoms with Crippen LogP contribution in [0.4, 0.5) is 0 Å². The number of carbonyl (C=O) groups excluding carboxylic acids is 1. The molecule has 62 valence electrons. The van der Waals surface area contributed by atoms with Gasteiger partial charge in [-0.2, -0.15) is 0 Å². The van der Waals surface area contributed by atoms with E-state index < -0.39 is 0 Å². The molecule has 0 saturated carbocycles. The zero-order valence-electron chi connectivity index (χ0n) is 7.55. The molecular weight excluding hydrogens is 136 g/mol. The monoisotopic (exact) mass is 152 g/mol. The molecule has 0 aromatic rings. The molecule has 0 N–H and O–H groups in total. The molecule has 0 bridgehead atoms. The fraction of sp³-hybridized carbons (Fsp3) is 0.700. The van der Waals surface area contributed by atoms with E-state index in [0.29, 0.717) is 12.3 Å². The highest BCUT2D eigenvalue weighted by Gasteiger charge is 2.31. The summed E-state index contributed by atoms with van der Waals surface area (Å²) in [5.74, 6) is 0.542. The number of carbonyl (C=O) groups is 1. The van der Waals surface area contributed by atoms with Gasteiger partial charge in [0, 0.05) is 6.42 Å². The number of allylic oxidation sites excluding steroid dienone is 2. The lowest BCUT2D eigenvalue weighted by atomic mass is 9.80. The van der Waals surface area contributed by atoms with E-state index in [2.05, 4.69) is 26.8 Å². The minimum atomic E-state index is 0.241. The van der Waals surface area contributed by atoms with E-state index in [1.54, 1.807) is 0 Å². The topological polar surface area (TPSA) is 17.1 Å². The SMILES string of the molecule is CC1=CC(C)(C)[C@@H](CC=O)C1. The third-order valence-electron chi connectivity index (χ3n) is 2.62. The quantitative estimate of drug-likeness (QED) is 0.439. The minimum Gasteiger partial charge on any atom is -0.303 e. The van der Waals surface area contributed by atoms with E-state index >= 15 is 0 Å². The van der Waals surface area contributed by atoms with Gasteiger partial charge in [-0.25, -0.2) is 0 Å². The Bertz CT molecular complexity index is 189. The summed E-state index contributed by atoms with van der Waals surface area (Å²) in [5.41, 5.74) is 1.67. The molecule has 0 fully saturated rings. The van der Waals surface area contributed by atoms with Crippen molar-refractivity contribution in [2.75, 3.05) is 0 Å². The van der Waals surface area contributed by atoms with Crippen molar-refractivity contribution in [3.8, 4) is 0 Å². The van der Waals surface area contributed by atoms with Crippen molar-refractivity contribution in [1.29, 1.82) is 0 Å². The summed E-state index contributed by atoms with van der Waals surface area (Å²) in [7, 11) is 0. The number of aldehydes is 1. The fourth-order valence-electron chi connectivity index (χ4n) is 1.97. The van der Waals surface area contributed by atoms with Crippen molar-refractivity contribution in [2.45, 2.75) is 33.6 Å². The zero-order valence-corrected chi connectivity index (χ0v) is 7.55. The average Bonchev–Trinajstić information content (AvgIpc) is 2.07. The van der Waals surface area contributed by atoms with Gasteiger partial charge in [0.1, 0.15) is 6.29 Å². The van der Waals surface area contributed by atoms with E-state index in [9.17, 15) is 4.79 Å². The first-order valence-electron chi connectivity index (χ1n) is 4.18. The summed E-state index contributed by atoms with van der Waals surface area (Å²) in [6.07, 6.45) is 5.15. The van der Waals surface area contributed by atoms with Crippen molar-refractivity contribution in [2.24, 2.45) is 11.3 Å². The zero-order chi connectivity index (χ0) is 8.48. The van der Waals surface area contributed by atoms with Crippen molar-refractivity contribution in [3.05, 3.63) is 11.6 Å². The first-order chi connectivity index (χ1) is 5.06. The predicted octanol–water partition coefficient (Wildman–Crippen LogP) is 2.57. The summed E-state index contributed by atoms with van der Waals surface area (Å²) in [4.78, 5) is 10.3. The minimum absolute atomic E-state index is 0.241. The molecule has 1 rings (SSSR count). The van der Waals surface area contributed by atoms with Crippen LogP contribution in [-0.4, -0.2) is 6.29 Å². The van der Waals surface area contributed by atoms with Gasteiger partial charge in [-0.05, 0) is 24.7 Å².